The van der Waals surface area contributed by atoms with Gasteiger partial charge in [0.2, 0.25) is 0 Å². The van der Waals surface area contributed by atoms with Gasteiger partial charge in [-0.25, -0.2) is 4.79 Å². The van der Waals surface area contributed by atoms with Crippen molar-refractivity contribution in [3.8, 4) is 11.1 Å². The van der Waals surface area contributed by atoms with Gasteiger partial charge in [-0.3, -0.25) is 10.0 Å². The molecule has 0 saturated carbocycles. The molecule has 1 aromatic heterocycles. The third-order valence-electron chi connectivity index (χ3n) is 3.15. The van der Waals surface area contributed by atoms with E-state index < -0.39 is 11.0 Å². The maximum Gasteiger partial charge on any atom is 0.318 e. The van der Waals surface area contributed by atoms with E-state index in [2.05, 4.69) is 4.98 Å². The summed E-state index contributed by atoms with van der Waals surface area (Å²) in [5.74, 6) is -0.458. The normalized spacial score (nSPS) is 13.7. The Morgan fingerprint density at radius 1 is 1.43 bits per heavy atom. The number of benzene rings is 1. The Balaban J connectivity index is 2.43. The average Bonchev–Trinajstić information content (AvgIpc) is 2.46. The first kappa shape index (κ1) is 15.3. The van der Waals surface area contributed by atoms with Crippen molar-refractivity contribution in [2.45, 2.75) is 26.3 Å². The van der Waals surface area contributed by atoms with E-state index in [1.807, 2.05) is 25.1 Å². The maximum absolute atomic E-state index is 12.4. The van der Waals surface area contributed by atoms with Crippen LogP contribution in [0.1, 0.15) is 18.9 Å². The first-order chi connectivity index (χ1) is 9.99. The van der Waals surface area contributed by atoms with Gasteiger partial charge < -0.3 is 10.9 Å². The average molecular weight is 285 g/mol. The summed E-state index contributed by atoms with van der Waals surface area (Å²) in [7, 11) is 0. The van der Waals surface area contributed by atoms with E-state index in [9.17, 15) is 10.0 Å². The summed E-state index contributed by atoms with van der Waals surface area (Å²) >= 11 is 0. The molecule has 0 bridgehead atoms. The minimum atomic E-state index is -0.491. The van der Waals surface area contributed by atoms with Gasteiger partial charge in [0, 0.05) is 35.6 Å². The highest BCUT2D eigenvalue weighted by Gasteiger charge is 2.20. The Labute approximate surface area is 124 Å². The lowest BCUT2D eigenvalue weighted by Crippen LogP contribution is -3.05. The number of aromatic nitrogens is 1. The lowest BCUT2D eigenvalue weighted by molar-refractivity contribution is -0.689. The van der Waals surface area contributed by atoms with E-state index in [1.165, 1.54) is 0 Å². The highest BCUT2D eigenvalue weighted by Crippen LogP contribution is 2.25. The van der Waals surface area contributed by atoms with Gasteiger partial charge in [0.05, 0.1) is 6.42 Å². The number of nitrogens with one attached hydrogen (secondary N) is 1. The molecule has 5 heteroatoms. The molecule has 110 valence electrons. The molecule has 21 heavy (non-hydrogen) atoms. The minimum Gasteiger partial charge on any atom is -0.621 e. The topological polar surface area (TPSA) is 83.5 Å². The second kappa shape index (κ2) is 6.58. The molecule has 0 aliphatic rings. The number of aryl methyl sites for hydroxylation is 1. The van der Waals surface area contributed by atoms with Gasteiger partial charge in [0.25, 0.3) is 0 Å². The molecular weight excluding hydrogens is 266 g/mol. The molecular formula is C16H19N3O2. The second-order valence-electron chi connectivity index (χ2n) is 5.22. The van der Waals surface area contributed by atoms with Gasteiger partial charge in [0.15, 0.2) is 0 Å². The van der Waals surface area contributed by atoms with Crippen LogP contribution in [0.25, 0.3) is 11.1 Å². The number of carbonyl (C=O) groups is 1. The number of hydroxylamine groups is 1. The molecule has 2 unspecified atom stereocenters. The summed E-state index contributed by atoms with van der Waals surface area (Å²) in [4.78, 5) is 16.1. The number of nitrogens with two attached hydrogens (primary N) is 1. The lowest BCUT2D eigenvalue weighted by Gasteiger charge is -2.23. The summed E-state index contributed by atoms with van der Waals surface area (Å²) in [6.45, 7) is 3.60. The van der Waals surface area contributed by atoms with Crippen LogP contribution in [0.15, 0.2) is 42.7 Å². The zero-order chi connectivity index (χ0) is 15.4. The van der Waals surface area contributed by atoms with Crippen LogP contribution in [0.5, 0.6) is 0 Å². The number of carbonyl (C=O) groups excluding carboxylic acids is 1. The first-order valence-electron chi connectivity index (χ1n) is 6.83. The number of hydrogen-bond donors (Lipinski definition) is 2. The van der Waals surface area contributed by atoms with Gasteiger partial charge in [0.1, 0.15) is 5.69 Å². The van der Waals surface area contributed by atoms with Crippen LogP contribution in [0.4, 0.5) is 5.69 Å². The van der Waals surface area contributed by atoms with Crippen molar-refractivity contribution in [1.82, 2.24) is 4.98 Å². The van der Waals surface area contributed by atoms with Crippen LogP contribution in [0.3, 0.4) is 0 Å². The van der Waals surface area contributed by atoms with Crippen LogP contribution < -0.4 is 10.8 Å². The molecule has 1 aromatic carbocycles. The van der Waals surface area contributed by atoms with Gasteiger partial charge in [-0.2, -0.15) is 0 Å². The lowest BCUT2D eigenvalue weighted by atomic mass is 10.0. The molecule has 0 aliphatic carbocycles. The van der Waals surface area contributed by atoms with Crippen LogP contribution >= 0.6 is 0 Å². The molecule has 0 aliphatic heterocycles. The summed E-state index contributed by atoms with van der Waals surface area (Å²) in [5, 5.41) is 11.9. The molecule has 1 amide bonds. The SMILES string of the molecule is Cc1ccc(-c2cccnc2)c([NH+]([O-])C(=O)CC(C)N)c1. The Hall–Kier alpha value is -2.08. The predicted molar refractivity (Wildman–Crippen MR) is 81.7 cm³/mol. The molecule has 0 fully saturated rings. The van der Waals surface area contributed by atoms with Gasteiger partial charge in [-0.15, -0.1) is 0 Å². The Bertz CT molecular complexity index is 627. The van der Waals surface area contributed by atoms with Crippen LogP contribution in [-0.4, -0.2) is 16.9 Å². The van der Waals surface area contributed by atoms with Crippen LogP contribution in [-0.2, 0) is 4.79 Å². The number of rotatable bonds is 4. The van der Waals surface area contributed by atoms with Crippen molar-refractivity contribution in [3.63, 3.8) is 0 Å². The number of hydrogen-bond acceptors (Lipinski definition) is 4. The van der Waals surface area contributed by atoms with E-state index in [1.54, 1.807) is 31.5 Å². The quantitative estimate of drug-likeness (QED) is 0.830. The fourth-order valence-electron chi connectivity index (χ4n) is 2.16. The molecule has 0 radical (unpaired) electrons. The second-order valence-corrected chi connectivity index (χ2v) is 5.22. The van der Waals surface area contributed by atoms with E-state index in [4.69, 9.17) is 5.73 Å². The molecule has 5 nitrogen and oxygen atoms in total. The third-order valence-corrected chi connectivity index (χ3v) is 3.15. The molecule has 0 saturated heterocycles. The fourth-order valence-corrected chi connectivity index (χ4v) is 2.16. The summed E-state index contributed by atoms with van der Waals surface area (Å²) < 4.78 is 0. The zero-order valence-corrected chi connectivity index (χ0v) is 12.2. The number of pyridine rings is 1. The highest BCUT2D eigenvalue weighted by atomic mass is 16.5. The van der Waals surface area contributed by atoms with Gasteiger partial charge in [-0.1, -0.05) is 12.1 Å². The molecule has 2 aromatic rings. The van der Waals surface area contributed by atoms with E-state index in [0.717, 1.165) is 16.7 Å². The monoisotopic (exact) mass is 285 g/mol. The minimum absolute atomic E-state index is 0.0548. The van der Waals surface area contributed by atoms with Crippen molar-refractivity contribution in [2.75, 3.05) is 0 Å². The van der Waals surface area contributed by atoms with Crippen molar-refractivity contribution < 1.29 is 9.86 Å². The smallest absolute Gasteiger partial charge is 0.318 e. The Kier molecular flexibility index (Phi) is 4.80. The summed E-state index contributed by atoms with van der Waals surface area (Å²) in [6.07, 6.45) is 3.40. The van der Waals surface area contributed by atoms with Crippen molar-refractivity contribution >= 4 is 11.6 Å². The molecule has 2 rings (SSSR count). The van der Waals surface area contributed by atoms with Crippen molar-refractivity contribution in [1.29, 1.82) is 0 Å². The number of nitrogens with zero attached hydrogens (tertiary/aromatic N) is 1. The molecule has 2 atom stereocenters. The molecule has 1 heterocycles. The molecule has 0 spiro atoms. The first-order valence-corrected chi connectivity index (χ1v) is 6.83. The predicted octanol–water partition coefficient (Wildman–Crippen LogP) is 1.34. The van der Waals surface area contributed by atoms with Crippen LogP contribution in [0, 0.1) is 12.1 Å². The van der Waals surface area contributed by atoms with E-state index >= 15 is 0 Å². The molecule has 3 N–H and O–H groups in total. The maximum atomic E-state index is 12.4. The highest BCUT2D eigenvalue weighted by molar-refractivity contribution is 5.78. The largest absolute Gasteiger partial charge is 0.621 e. The standard InChI is InChI=1S/C16H19N3O2/c1-11-5-6-14(13-4-3-7-18-10-13)15(8-11)19(21)16(20)9-12(2)17/h3-8,10,12,19H,9,17H2,1-2H3. The van der Waals surface area contributed by atoms with Crippen molar-refractivity contribution in [2.24, 2.45) is 5.73 Å². The summed E-state index contributed by atoms with van der Waals surface area (Å²) in [5.41, 5.74) is 8.48. The number of quaternary nitrogens is 1. The van der Waals surface area contributed by atoms with E-state index in [-0.39, 0.29) is 12.5 Å². The Morgan fingerprint density at radius 3 is 2.81 bits per heavy atom. The van der Waals surface area contributed by atoms with E-state index in [0.29, 0.717) is 5.69 Å². The number of amides is 1. The van der Waals surface area contributed by atoms with Crippen molar-refractivity contribution in [3.05, 3.63) is 53.5 Å². The fraction of sp³-hybridized carbons (Fsp3) is 0.250. The Morgan fingerprint density at radius 2 is 2.19 bits per heavy atom. The third kappa shape index (κ3) is 3.72. The van der Waals surface area contributed by atoms with Gasteiger partial charge >= 0.3 is 5.91 Å². The summed E-state index contributed by atoms with van der Waals surface area (Å²) in [6, 6.07) is 8.84. The van der Waals surface area contributed by atoms with Gasteiger partial charge in [-0.05, 0) is 31.5 Å². The zero-order valence-electron chi connectivity index (χ0n) is 12.2. The van der Waals surface area contributed by atoms with Crippen LogP contribution in [0.2, 0.25) is 0 Å².